The van der Waals surface area contributed by atoms with Gasteiger partial charge in [-0.2, -0.15) is 0 Å². The largest absolute Gasteiger partial charge is 0.497 e. The third-order valence-corrected chi connectivity index (χ3v) is 3.65. The Morgan fingerprint density at radius 3 is 2.33 bits per heavy atom. The summed E-state index contributed by atoms with van der Waals surface area (Å²) in [6, 6.07) is 11.9. The molecule has 0 fully saturated rings. The number of methoxy groups -OCH3 is 1. The van der Waals surface area contributed by atoms with E-state index in [2.05, 4.69) is 21.2 Å². The number of aromatic nitrogens is 1. The van der Waals surface area contributed by atoms with Gasteiger partial charge in [-0.3, -0.25) is 30.2 Å². The number of carbonyl (C=O) groups excluding carboxylic acids is 3. The van der Waals surface area contributed by atoms with Gasteiger partial charge in [0.1, 0.15) is 11.4 Å². The number of pyridine rings is 1. The van der Waals surface area contributed by atoms with Gasteiger partial charge in [-0.15, -0.1) is 0 Å². The molecule has 3 N–H and O–H groups in total. The number of nitrogens with one attached hydrogen (secondary N) is 3. The Morgan fingerprint density at radius 1 is 1.00 bits per heavy atom. The van der Waals surface area contributed by atoms with E-state index in [1.54, 1.807) is 50.4 Å². The monoisotopic (exact) mass is 370 g/mol. The predicted molar refractivity (Wildman–Crippen MR) is 99.9 cm³/mol. The minimum absolute atomic E-state index is 0.0958. The number of benzene rings is 1. The lowest BCUT2D eigenvalue weighted by molar-refractivity contribution is -0.123. The summed E-state index contributed by atoms with van der Waals surface area (Å²) in [5.41, 5.74) is 5.47. The topological polar surface area (TPSA) is 109 Å². The molecular formula is C19H22N4O4. The fourth-order valence-electron chi connectivity index (χ4n) is 2.33. The van der Waals surface area contributed by atoms with Crippen LogP contribution in [0, 0.1) is 5.92 Å². The van der Waals surface area contributed by atoms with E-state index in [0.29, 0.717) is 11.4 Å². The van der Waals surface area contributed by atoms with E-state index in [9.17, 15) is 14.4 Å². The molecule has 0 aliphatic rings. The number of hydrogen-bond acceptors (Lipinski definition) is 5. The average molecular weight is 370 g/mol. The zero-order valence-corrected chi connectivity index (χ0v) is 15.2. The van der Waals surface area contributed by atoms with Crippen LogP contribution in [0.2, 0.25) is 0 Å². The molecule has 0 spiro atoms. The quantitative estimate of drug-likeness (QED) is 0.645. The molecule has 1 heterocycles. The lowest BCUT2D eigenvalue weighted by Crippen LogP contribution is -2.42. The normalized spacial score (nSPS) is 11.2. The second kappa shape index (κ2) is 9.91. The van der Waals surface area contributed by atoms with E-state index in [0.717, 1.165) is 0 Å². The lowest BCUT2D eigenvalue weighted by Gasteiger charge is -2.12. The Morgan fingerprint density at radius 2 is 1.70 bits per heavy atom. The molecule has 8 nitrogen and oxygen atoms in total. The highest BCUT2D eigenvalue weighted by atomic mass is 16.5. The van der Waals surface area contributed by atoms with Gasteiger partial charge in [0.15, 0.2) is 0 Å². The predicted octanol–water partition coefficient (Wildman–Crippen LogP) is 1.91. The molecule has 1 atom stereocenters. The number of nitrogens with zero attached hydrogens (tertiary/aromatic N) is 1. The molecule has 0 aliphatic carbocycles. The van der Waals surface area contributed by atoms with E-state index >= 15 is 0 Å². The van der Waals surface area contributed by atoms with Crippen LogP contribution in [-0.2, 0) is 9.59 Å². The first-order chi connectivity index (χ1) is 13.0. The van der Waals surface area contributed by atoms with Crippen LogP contribution in [0.25, 0.3) is 0 Å². The Balaban J connectivity index is 1.72. The van der Waals surface area contributed by atoms with Gasteiger partial charge in [-0.25, -0.2) is 0 Å². The van der Waals surface area contributed by atoms with Gasteiger partial charge in [0, 0.05) is 24.7 Å². The molecule has 0 aliphatic heterocycles. The van der Waals surface area contributed by atoms with E-state index in [-0.39, 0.29) is 36.3 Å². The summed E-state index contributed by atoms with van der Waals surface area (Å²) in [6.45, 7) is 1.79. The lowest BCUT2D eigenvalue weighted by atomic mass is 10.0. The summed E-state index contributed by atoms with van der Waals surface area (Å²) in [6.07, 6.45) is 1.76. The zero-order valence-electron chi connectivity index (χ0n) is 15.2. The fourth-order valence-corrected chi connectivity index (χ4v) is 2.33. The summed E-state index contributed by atoms with van der Waals surface area (Å²) >= 11 is 0. The van der Waals surface area contributed by atoms with Gasteiger partial charge in [-0.05, 0) is 42.3 Å². The fraction of sp³-hybridized carbons (Fsp3) is 0.263. The number of ether oxygens (including phenoxy) is 1. The molecule has 1 unspecified atom stereocenters. The van der Waals surface area contributed by atoms with Gasteiger partial charge in [0.2, 0.25) is 11.8 Å². The van der Waals surface area contributed by atoms with Crippen molar-refractivity contribution in [3.63, 3.8) is 0 Å². The van der Waals surface area contributed by atoms with Crippen molar-refractivity contribution >= 4 is 23.4 Å². The third-order valence-electron chi connectivity index (χ3n) is 3.65. The van der Waals surface area contributed by atoms with Crippen LogP contribution in [0.4, 0.5) is 5.69 Å². The highest BCUT2D eigenvalue weighted by Gasteiger charge is 2.15. The Kier molecular flexibility index (Phi) is 7.30. The summed E-state index contributed by atoms with van der Waals surface area (Å²) in [5, 5.41) is 2.76. The molecule has 2 rings (SSSR count). The SMILES string of the molecule is COc1ccc(NC(=O)CC(C)CC(=O)NNC(=O)c2ccccn2)cc1. The van der Waals surface area contributed by atoms with Crippen LogP contribution in [0.3, 0.4) is 0 Å². The van der Waals surface area contributed by atoms with Crippen LogP contribution < -0.4 is 20.9 Å². The van der Waals surface area contributed by atoms with Gasteiger partial charge in [0.05, 0.1) is 7.11 Å². The maximum absolute atomic E-state index is 12.1. The maximum Gasteiger partial charge on any atom is 0.288 e. The minimum Gasteiger partial charge on any atom is -0.497 e. The molecule has 0 bridgehead atoms. The Bertz CT molecular complexity index is 778. The van der Waals surface area contributed by atoms with E-state index in [1.807, 2.05) is 0 Å². The van der Waals surface area contributed by atoms with Crippen LogP contribution in [0.5, 0.6) is 5.75 Å². The molecule has 2 aromatic rings. The molecule has 0 saturated carbocycles. The van der Waals surface area contributed by atoms with E-state index in [1.165, 1.54) is 12.3 Å². The standard InChI is InChI=1S/C19H22N4O4/c1-13(11-17(24)21-14-6-8-15(27-2)9-7-14)12-18(25)22-23-19(26)16-5-3-4-10-20-16/h3-10,13H,11-12H2,1-2H3,(H,21,24)(H,22,25)(H,23,26). The second-order valence-electron chi connectivity index (χ2n) is 6.01. The molecular weight excluding hydrogens is 348 g/mol. The summed E-state index contributed by atoms with van der Waals surface area (Å²) in [4.78, 5) is 39.6. The molecule has 0 radical (unpaired) electrons. The first kappa shape index (κ1) is 19.9. The number of carbonyl (C=O) groups is 3. The van der Waals surface area contributed by atoms with Crippen molar-refractivity contribution in [2.75, 3.05) is 12.4 Å². The molecule has 8 heteroatoms. The zero-order chi connectivity index (χ0) is 19.6. The molecule has 3 amide bonds. The summed E-state index contributed by atoms with van der Waals surface area (Å²) in [5.74, 6) is -0.586. The Labute approximate surface area is 157 Å². The van der Waals surface area contributed by atoms with Gasteiger partial charge >= 0.3 is 0 Å². The van der Waals surface area contributed by atoms with Crippen molar-refractivity contribution in [3.05, 3.63) is 54.4 Å². The van der Waals surface area contributed by atoms with Crippen molar-refractivity contribution in [1.29, 1.82) is 0 Å². The van der Waals surface area contributed by atoms with Crippen molar-refractivity contribution in [3.8, 4) is 5.75 Å². The minimum atomic E-state index is -0.506. The van der Waals surface area contributed by atoms with Gasteiger partial charge < -0.3 is 10.1 Å². The third kappa shape index (κ3) is 6.77. The number of hydrazine groups is 1. The second-order valence-corrected chi connectivity index (χ2v) is 6.01. The smallest absolute Gasteiger partial charge is 0.288 e. The van der Waals surface area contributed by atoms with Crippen molar-refractivity contribution in [2.24, 2.45) is 5.92 Å². The maximum atomic E-state index is 12.1. The highest BCUT2D eigenvalue weighted by Crippen LogP contribution is 2.16. The van der Waals surface area contributed by atoms with Crippen LogP contribution >= 0.6 is 0 Å². The molecule has 0 saturated heterocycles. The van der Waals surface area contributed by atoms with E-state index in [4.69, 9.17) is 4.74 Å². The summed E-state index contributed by atoms with van der Waals surface area (Å²) < 4.78 is 5.06. The van der Waals surface area contributed by atoms with Gasteiger partial charge in [0.25, 0.3) is 5.91 Å². The first-order valence-corrected chi connectivity index (χ1v) is 8.42. The van der Waals surface area contributed by atoms with Crippen molar-refractivity contribution < 1.29 is 19.1 Å². The molecule has 1 aromatic heterocycles. The van der Waals surface area contributed by atoms with Crippen LogP contribution in [-0.4, -0.2) is 29.8 Å². The number of rotatable bonds is 7. The van der Waals surface area contributed by atoms with Gasteiger partial charge in [-0.1, -0.05) is 13.0 Å². The number of anilines is 1. The van der Waals surface area contributed by atoms with E-state index < -0.39 is 5.91 Å². The molecule has 1 aromatic carbocycles. The highest BCUT2D eigenvalue weighted by molar-refractivity contribution is 5.94. The Hall–Kier alpha value is -3.42. The number of hydrogen-bond donors (Lipinski definition) is 3. The first-order valence-electron chi connectivity index (χ1n) is 8.42. The van der Waals surface area contributed by atoms with Crippen LogP contribution in [0.1, 0.15) is 30.3 Å². The number of amides is 3. The van der Waals surface area contributed by atoms with Crippen molar-refractivity contribution in [1.82, 2.24) is 15.8 Å². The van der Waals surface area contributed by atoms with Crippen molar-refractivity contribution in [2.45, 2.75) is 19.8 Å². The van der Waals surface area contributed by atoms with Crippen LogP contribution in [0.15, 0.2) is 48.7 Å². The molecule has 27 heavy (non-hydrogen) atoms. The molecule has 142 valence electrons. The summed E-state index contributed by atoms with van der Waals surface area (Å²) in [7, 11) is 1.57. The average Bonchev–Trinajstić information content (AvgIpc) is 2.67.